The molecule has 0 aliphatic carbocycles. The quantitative estimate of drug-likeness (QED) is 0.740. The molecule has 6 heteroatoms. The van der Waals surface area contributed by atoms with Gasteiger partial charge in [0.1, 0.15) is 11.8 Å². The average Bonchev–Trinajstić information content (AvgIpc) is 2.47. The number of phenolic OH excluding ortho intramolecular Hbond substituents is 1. The van der Waals surface area contributed by atoms with Crippen molar-refractivity contribution in [1.29, 1.82) is 0 Å². The van der Waals surface area contributed by atoms with Gasteiger partial charge in [0.25, 0.3) is 0 Å². The number of pyridine rings is 1. The molecule has 22 heavy (non-hydrogen) atoms. The van der Waals surface area contributed by atoms with Crippen LogP contribution in [0.4, 0.5) is 5.69 Å². The Balaban J connectivity index is 2.31. The standard InChI is InChI=1S/C16H16ClN3O2/c1-9(2)15(16(18)22)20-12-5-11(7-19-8-12)10-3-4-14(21)13(17)6-10/h3-8,15,20-21H,1H2,2H3,(H2,18,22)/t15-/m0/s1. The maximum atomic E-state index is 11.4. The van der Waals surface area contributed by atoms with Crippen molar-refractivity contribution in [2.45, 2.75) is 13.0 Å². The number of primary amides is 1. The van der Waals surface area contributed by atoms with Crippen molar-refractivity contribution in [2.24, 2.45) is 5.73 Å². The molecule has 1 heterocycles. The lowest BCUT2D eigenvalue weighted by molar-refractivity contribution is -0.118. The molecule has 1 aromatic heterocycles. The maximum absolute atomic E-state index is 11.4. The van der Waals surface area contributed by atoms with Crippen LogP contribution in [-0.4, -0.2) is 22.0 Å². The second-order valence-corrected chi connectivity index (χ2v) is 5.36. The molecule has 0 fully saturated rings. The number of phenols is 1. The van der Waals surface area contributed by atoms with Gasteiger partial charge < -0.3 is 16.2 Å². The summed E-state index contributed by atoms with van der Waals surface area (Å²) in [5.41, 5.74) is 8.18. The van der Waals surface area contributed by atoms with Gasteiger partial charge in [-0.1, -0.05) is 24.2 Å². The predicted octanol–water partition coefficient (Wildman–Crippen LogP) is 2.95. The third-order valence-corrected chi connectivity index (χ3v) is 3.41. The minimum absolute atomic E-state index is 0.0173. The molecule has 0 unspecified atom stereocenters. The smallest absolute Gasteiger partial charge is 0.244 e. The van der Waals surface area contributed by atoms with Gasteiger partial charge in [-0.25, -0.2) is 0 Å². The summed E-state index contributed by atoms with van der Waals surface area (Å²) in [6, 6.07) is 6.03. The number of amides is 1. The Hall–Kier alpha value is -2.53. The fourth-order valence-electron chi connectivity index (χ4n) is 1.97. The Morgan fingerprint density at radius 1 is 1.36 bits per heavy atom. The number of carbonyl (C=O) groups excluding carboxylic acids is 1. The van der Waals surface area contributed by atoms with E-state index in [-0.39, 0.29) is 10.8 Å². The molecular weight excluding hydrogens is 302 g/mol. The third-order valence-electron chi connectivity index (χ3n) is 3.11. The number of carbonyl (C=O) groups is 1. The van der Waals surface area contributed by atoms with E-state index in [0.29, 0.717) is 11.3 Å². The van der Waals surface area contributed by atoms with Gasteiger partial charge in [-0.3, -0.25) is 9.78 Å². The van der Waals surface area contributed by atoms with Crippen molar-refractivity contribution in [3.63, 3.8) is 0 Å². The van der Waals surface area contributed by atoms with E-state index in [1.165, 1.54) is 6.07 Å². The molecule has 5 nitrogen and oxygen atoms in total. The number of aromatic hydroxyl groups is 1. The fraction of sp³-hybridized carbons (Fsp3) is 0.125. The van der Waals surface area contributed by atoms with Gasteiger partial charge in [0.2, 0.25) is 5.91 Å². The Morgan fingerprint density at radius 2 is 2.09 bits per heavy atom. The van der Waals surface area contributed by atoms with Crippen molar-refractivity contribution in [1.82, 2.24) is 4.98 Å². The minimum Gasteiger partial charge on any atom is -0.506 e. The Labute approximate surface area is 133 Å². The first kappa shape index (κ1) is 15.9. The summed E-state index contributed by atoms with van der Waals surface area (Å²) in [4.78, 5) is 15.6. The van der Waals surface area contributed by atoms with E-state index >= 15 is 0 Å². The molecule has 0 saturated carbocycles. The summed E-state index contributed by atoms with van der Waals surface area (Å²) in [6.45, 7) is 5.47. The number of aromatic nitrogens is 1. The van der Waals surface area contributed by atoms with Crippen LogP contribution in [0.25, 0.3) is 11.1 Å². The molecule has 1 atom stereocenters. The number of hydrogen-bond donors (Lipinski definition) is 3. The highest BCUT2D eigenvalue weighted by Crippen LogP contribution is 2.30. The highest BCUT2D eigenvalue weighted by atomic mass is 35.5. The summed E-state index contributed by atoms with van der Waals surface area (Å²) >= 11 is 5.91. The van der Waals surface area contributed by atoms with Gasteiger partial charge in [-0.2, -0.15) is 0 Å². The molecule has 0 aliphatic rings. The second-order valence-electron chi connectivity index (χ2n) is 4.95. The number of halogens is 1. The lowest BCUT2D eigenvalue weighted by Gasteiger charge is -2.17. The molecular formula is C16H16ClN3O2. The van der Waals surface area contributed by atoms with E-state index < -0.39 is 11.9 Å². The van der Waals surface area contributed by atoms with Crippen molar-refractivity contribution < 1.29 is 9.90 Å². The first-order valence-corrected chi connectivity index (χ1v) is 6.91. The van der Waals surface area contributed by atoms with Crippen LogP contribution in [0.5, 0.6) is 5.75 Å². The third kappa shape index (κ3) is 3.56. The first-order valence-electron chi connectivity index (χ1n) is 6.53. The minimum atomic E-state index is -0.666. The van der Waals surface area contributed by atoms with Crippen LogP contribution in [0.3, 0.4) is 0 Å². The normalized spacial score (nSPS) is 11.7. The van der Waals surface area contributed by atoms with Gasteiger partial charge in [-0.15, -0.1) is 0 Å². The zero-order chi connectivity index (χ0) is 16.3. The summed E-state index contributed by atoms with van der Waals surface area (Å²) in [6.07, 6.45) is 3.25. The Morgan fingerprint density at radius 3 is 2.68 bits per heavy atom. The number of nitrogens with two attached hydrogens (primary N) is 1. The molecule has 4 N–H and O–H groups in total. The molecule has 114 valence electrons. The zero-order valence-corrected chi connectivity index (χ0v) is 12.8. The molecule has 1 amide bonds. The number of hydrogen-bond acceptors (Lipinski definition) is 4. The number of benzene rings is 1. The molecule has 0 aliphatic heterocycles. The van der Waals surface area contributed by atoms with Crippen molar-refractivity contribution in [3.05, 3.63) is 53.8 Å². The topological polar surface area (TPSA) is 88.2 Å². The van der Waals surface area contributed by atoms with E-state index in [2.05, 4.69) is 16.9 Å². The van der Waals surface area contributed by atoms with Gasteiger partial charge >= 0.3 is 0 Å². The predicted molar refractivity (Wildman–Crippen MR) is 87.8 cm³/mol. The summed E-state index contributed by atoms with van der Waals surface area (Å²) < 4.78 is 0. The lowest BCUT2D eigenvalue weighted by atomic mass is 10.1. The van der Waals surface area contributed by atoms with E-state index in [1.54, 1.807) is 31.5 Å². The first-order chi connectivity index (χ1) is 10.4. The number of anilines is 1. The molecule has 0 radical (unpaired) electrons. The van der Waals surface area contributed by atoms with Gasteiger partial charge in [0.05, 0.1) is 16.9 Å². The molecule has 2 aromatic rings. The van der Waals surface area contributed by atoms with Crippen molar-refractivity contribution >= 4 is 23.2 Å². The Kier molecular flexibility index (Phi) is 4.68. The highest BCUT2D eigenvalue weighted by Gasteiger charge is 2.16. The molecule has 1 aromatic carbocycles. The highest BCUT2D eigenvalue weighted by molar-refractivity contribution is 6.32. The second kappa shape index (κ2) is 6.49. The average molecular weight is 318 g/mol. The number of nitrogens with one attached hydrogen (secondary N) is 1. The van der Waals surface area contributed by atoms with E-state index in [1.807, 2.05) is 6.07 Å². The summed E-state index contributed by atoms with van der Waals surface area (Å²) in [5.74, 6) is -0.491. The van der Waals surface area contributed by atoms with Crippen LogP contribution in [0.2, 0.25) is 5.02 Å². The zero-order valence-electron chi connectivity index (χ0n) is 12.0. The van der Waals surface area contributed by atoms with Gasteiger partial charge in [0.15, 0.2) is 0 Å². The van der Waals surface area contributed by atoms with Crippen LogP contribution < -0.4 is 11.1 Å². The molecule has 2 rings (SSSR count). The van der Waals surface area contributed by atoms with E-state index in [9.17, 15) is 9.90 Å². The number of rotatable bonds is 5. The van der Waals surface area contributed by atoms with Crippen LogP contribution in [0.15, 0.2) is 48.8 Å². The molecule has 0 saturated heterocycles. The van der Waals surface area contributed by atoms with E-state index in [0.717, 1.165) is 11.1 Å². The van der Waals surface area contributed by atoms with Crippen molar-refractivity contribution in [3.8, 4) is 16.9 Å². The van der Waals surface area contributed by atoms with Crippen LogP contribution >= 0.6 is 11.6 Å². The Bertz CT molecular complexity index is 717. The lowest BCUT2D eigenvalue weighted by Crippen LogP contribution is -2.36. The fourth-order valence-corrected chi connectivity index (χ4v) is 2.15. The SMILES string of the molecule is C=C(C)[C@H](Nc1cncc(-c2ccc(O)c(Cl)c2)c1)C(N)=O. The number of nitrogens with zero attached hydrogens (tertiary/aromatic N) is 1. The van der Waals surface area contributed by atoms with Gasteiger partial charge in [0, 0.05) is 11.8 Å². The summed E-state index contributed by atoms with van der Waals surface area (Å²) in [7, 11) is 0. The van der Waals surface area contributed by atoms with Gasteiger partial charge in [-0.05, 0) is 36.3 Å². The molecule has 0 spiro atoms. The monoisotopic (exact) mass is 317 g/mol. The summed E-state index contributed by atoms with van der Waals surface area (Å²) in [5, 5.41) is 12.7. The van der Waals surface area contributed by atoms with Crippen LogP contribution in [0.1, 0.15) is 6.92 Å². The maximum Gasteiger partial charge on any atom is 0.244 e. The van der Waals surface area contributed by atoms with Crippen LogP contribution in [0, 0.1) is 0 Å². The largest absolute Gasteiger partial charge is 0.506 e. The van der Waals surface area contributed by atoms with Crippen LogP contribution in [-0.2, 0) is 4.79 Å². The molecule has 0 bridgehead atoms. The van der Waals surface area contributed by atoms with Crippen molar-refractivity contribution in [2.75, 3.05) is 5.32 Å². The van der Waals surface area contributed by atoms with E-state index in [4.69, 9.17) is 17.3 Å².